The van der Waals surface area contributed by atoms with Crippen molar-refractivity contribution >= 4 is 23.3 Å². The van der Waals surface area contributed by atoms with Gasteiger partial charge in [0.25, 0.3) is 0 Å². The van der Waals surface area contributed by atoms with Crippen LogP contribution in [0.3, 0.4) is 0 Å². The van der Waals surface area contributed by atoms with E-state index in [0.717, 1.165) is 5.56 Å². The van der Waals surface area contributed by atoms with Crippen LogP contribution in [-0.2, 0) is 11.3 Å². The van der Waals surface area contributed by atoms with Crippen molar-refractivity contribution in [3.05, 3.63) is 53.4 Å². The first-order valence-electron chi connectivity index (χ1n) is 6.25. The number of carbonyl (C=O) groups excluding carboxylic acids is 1. The summed E-state index contributed by atoms with van der Waals surface area (Å²) >= 11 is 5.95. The average Bonchev–Trinajstić information content (AvgIpc) is 2.48. The Morgan fingerprint density at radius 2 is 2.00 bits per heavy atom. The van der Waals surface area contributed by atoms with Gasteiger partial charge in [0.05, 0.1) is 5.02 Å². The van der Waals surface area contributed by atoms with E-state index < -0.39 is 0 Å². The minimum absolute atomic E-state index is 0.0265. The lowest BCUT2D eigenvalue weighted by Gasteiger charge is -2.07. The smallest absolute Gasteiger partial charge is 0.222 e. The van der Waals surface area contributed by atoms with Gasteiger partial charge in [-0.3, -0.25) is 9.78 Å². The Morgan fingerprint density at radius 3 is 2.75 bits per heavy atom. The normalized spacial score (nSPS) is 10.1. The van der Waals surface area contributed by atoms with Crippen molar-refractivity contribution in [2.45, 2.75) is 13.0 Å². The van der Waals surface area contributed by atoms with Crippen LogP contribution in [0.4, 0.5) is 5.82 Å². The molecule has 2 aromatic rings. The molecule has 0 fully saturated rings. The van der Waals surface area contributed by atoms with E-state index in [1.807, 2.05) is 12.1 Å². The van der Waals surface area contributed by atoms with Gasteiger partial charge in [0.2, 0.25) is 5.91 Å². The monoisotopic (exact) mass is 290 g/mol. The highest BCUT2D eigenvalue weighted by Gasteiger charge is 2.03. The topological polar surface area (TPSA) is 66.9 Å². The van der Waals surface area contributed by atoms with Crippen LogP contribution >= 0.6 is 11.6 Å². The summed E-state index contributed by atoms with van der Waals surface area (Å²) in [6, 6.07) is 7.24. The summed E-state index contributed by atoms with van der Waals surface area (Å²) < 4.78 is 0. The summed E-state index contributed by atoms with van der Waals surface area (Å²) in [7, 11) is 0. The number of nitrogens with one attached hydrogen (secondary N) is 2. The van der Waals surface area contributed by atoms with E-state index >= 15 is 0 Å². The number of rotatable bonds is 6. The molecule has 0 aliphatic rings. The van der Waals surface area contributed by atoms with E-state index in [9.17, 15) is 4.79 Å². The predicted octanol–water partition coefficient (Wildman–Crippen LogP) is 2.25. The van der Waals surface area contributed by atoms with Crippen LogP contribution in [0, 0.1) is 0 Å². The second-order valence-corrected chi connectivity index (χ2v) is 4.55. The summed E-state index contributed by atoms with van der Waals surface area (Å²) in [5.74, 6) is 0.567. The van der Waals surface area contributed by atoms with Crippen LogP contribution in [-0.4, -0.2) is 22.4 Å². The molecule has 104 valence electrons. The lowest BCUT2D eigenvalue weighted by molar-refractivity contribution is -0.121. The summed E-state index contributed by atoms with van der Waals surface area (Å²) in [4.78, 5) is 19.7. The molecule has 1 amide bonds. The van der Waals surface area contributed by atoms with Gasteiger partial charge < -0.3 is 10.6 Å². The molecule has 2 heterocycles. The molecule has 2 rings (SSSR count). The molecule has 0 aliphatic carbocycles. The number of nitrogens with zero attached hydrogens (tertiary/aromatic N) is 2. The molecule has 0 radical (unpaired) electrons. The number of hydrogen-bond acceptors (Lipinski definition) is 4. The molecule has 6 heteroatoms. The Labute approximate surface area is 122 Å². The number of amides is 1. The maximum atomic E-state index is 11.7. The van der Waals surface area contributed by atoms with Crippen molar-refractivity contribution in [1.29, 1.82) is 0 Å². The molecule has 0 saturated heterocycles. The van der Waals surface area contributed by atoms with Crippen molar-refractivity contribution in [2.75, 3.05) is 11.9 Å². The van der Waals surface area contributed by atoms with Gasteiger partial charge in [0.1, 0.15) is 5.82 Å². The standard InChI is InChI=1S/C14H15ClN4O/c15-12-2-1-6-17-14(12)18-9-5-13(20)19-10-11-3-7-16-8-4-11/h1-4,6-8H,5,9-10H2,(H,17,18)(H,19,20). The SMILES string of the molecule is O=C(CCNc1ncccc1Cl)NCc1ccncc1. The maximum Gasteiger partial charge on any atom is 0.222 e. The predicted molar refractivity (Wildman–Crippen MR) is 78.4 cm³/mol. The highest BCUT2D eigenvalue weighted by molar-refractivity contribution is 6.32. The minimum atomic E-state index is -0.0265. The molecule has 2 aromatic heterocycles. The number of pyridine rings is 2. The van der Waals surface area contributed by atoms with Crippen LogP contribution in [0.5, 0.6) is 0 Å². The second kappa shape index (κ2) is 7.45. The van der Waals surface area contributed by atoms with E-state index in [1.54, 1.807) is 30.7 Å². The third-order valence-electron chi connectivity index (χ3n) is 2.64. The van der Waals surface area contributed by atoms with Gasteiger partial charge in [-0.05, 0) is 29.8 Å². The van der Waals surface area contributed by atoms with Gasteiger partial charge in [-0.1, -0.05) is 11.6 Å². The van der Waals surface area contributed by atoms with Crippen LogP contribution in [0.25, 0.3) is 0 Å². The van der Waals surface area contributed by atoms with E-state index in [2.05, 4.69) is 20.6 Å². The fraction of sp³-hybridized carbons (Fsp3) is 0.214. The van der Waals surface area contributed by atoms with E-state index in [4.69, 9.17) is 11.6 Å². The molecule has 20 heavy (non-hydrogen) atoms. The number of hydrogen-bond donors (Lipinski definition) is 2. The Morgan fingerprint density at radius 1 is 1.20 bits per heavy atom. The summed E-state index contributed by atoms with van der Waals surface area (Å²) in [6.07, 6.45) is 5.41. The minimum Gasteiger partial charge on any atom is -0.368 e. The van der Waals surface area contributed by atoms with Gasteiger partial charge in [0.15, 0.2) is 0 Å². The molecule has 0 atom stereocenters. The summed E-state index contributed by atoms with van der Waals surface area (Å²) in [5, 5.41) is 6.41. The zero-order chi connectivity index (χ0) is 14.2. The maximum absolute atomic E-state index is 11.7. The van der Waals surface area contributed by atoms with Crippen molar-refractivity contribution in [3.63, 3.8) is 0 Å². The number of anilines is 1. The van der Waals surface area contributed by atoms with E-state index in [1.165, 1.54) is 0 Å². The van der Waals surface area contributed by atoms with Gasteiger partial charge in [0, 0.05) is 38.1 Å². The van der Waals surface area contributed by atoms with Gasteiger partial charge >= 0.3 is 0 Å². The number of carbonyl (C=O) groups is 1. The zero-order valence-electron chi connectivity index (χ0n) is 10.8. The van der Waals surface area contributed by atoms with Crippen molar-refractivity contribution in [3.8, 4) is 0 Å². The zero-order valence-corrected chi connectivity index (χ0v) is 11.6. The van der Waals surface area contributed by atoms with Gasteiger partial charge in [-0.2, -0.15) is 0 Å². The first kappa shape index (κ1) is 14.3. The molecule has 0 saturated carbocycles. The van der Waals surface area contributed by atoms with Crippen LogP contribution in [0.2, 0.25) is 5.02 Å². The van der Waals surface area contributed by atoms with Crippen LogP contribution in [0.15, 0.2) is 42.9 Å². The van der Waals surface area contributed by atoms with Crippen molar-refractivity contribution in [2.24, 2.45) is 0 Å². The molecule has 0 aliphatic heterocycles. The largest absolute Gasteiger partial charge is 0.368 e. The molecule has 2 N–H and O–H groups in total. The highest BCUT2D eigenvalue weighted by atomic mass is 35.5. The Kier molecular flexibility index (Phi) is 5.32. The fourth-order valence-corrected chi connectivity index (χ4v) is 1.79. The molecule has 0 bridgehead atoms. The molecule has 0 spiro atoms. The Hall–Kier alpha value is -2.14. The van der Waals surface area contributed by atoms with E-state index in [-0.39, 0.29) is 5.91 Å². The highest BCUT2D eigenvalue weighted by Crippen LogP contribution is 2.16. The van der Waals surface area contributed by atoms with Gasteiger partial charge in [-0.15, -0.1) is 0 Å². The molecular weight excluding hydrogens is 276 g/mol. The van der Waals surface area contributed by atoms with E-state index in [0.29, 0.717) is 30.4 Å². The number of aromatic nitrogens is 2. The fourth-order valence-electron chi connectivity index (χ4n) is 1.60. The molecule has 5 nitrogen and oxygen atoms in total. The lowest BCUT2D eigenvalue weighted by atomic mass is 10.2. The van der Waals surface area contributed by atoms with Crippen molar-refractivity contribution in [1.82, 2.24) is 15.3 Å². The van der Waals surface area contributed by atoms with Crippen LogP contribution < -0.4 is 10.6 Å². The third kappa shape index (κ3) is 4.51. The van der Waals surface area contributed by atoms with Gasteiger partial charge in [-0.25, -0.2) is 4.98 Å². The lowest BCUT2D eigenvalue weighted by Crippen LogP contribution is -2.25. The van der Waals surface area contributed by atoms with Crippen molar-refractivity contribution < 1.29 is 4.79 Å². The average molecular weight is 291 g/mol. The first-order valence-corrected chi connectivity index (χ1v) is 6.63. The second-order valence-electron chi connectivity index (χ2n) is 4.14. The van der Waals surface area contributed by atoms with Crippen LogP contribution in [0.1, 0.15) is 12.0 Å². The molecular formula is C14H15ClN4O. The Balaban J connectivity index is 1.69. The Bertz CT molecular complexity index is 562. The third-order valence-corrected chi connectivity index (χ3v) is 2.95. The summed E-state index contributed by atoms with van der Waals surface area (Å²) in [6.45, 7) is 0.991. The molecule has 0 unspecified atom stereocenters. The number of halogens is 1. The first-order chi connectivity index (χ1) is 9.75. The molecule has 0 aromatic carbocycles. The quantitative estimate of drug-likeness (QED) is 0.856. The summed E-state index contributed by atoms with van der Waals surface area (Å²) in [5.41, 5.74) is 1.02.